The Hall–Kier alpha value is -1.67. The minimum absolute atomic E-state index is 0.0607. The molecule has 0 bridgehead atoms. The van der Waals surface area contributed by atoms with Crippen molar-refractivity contribution in [3.63, 3.8) is 0 Å². The first kappa shape index (κ1) is 15.4. The van der Waals surface area contributed by atoms with Gasteiger partial charge in [0, 0.05) is 18.0 Å². The molecule has 0 spiro atoms. The van der Waals surface area contributed by atoms with Crippen LogP contribution in [0.5, 0.6) is 5.75 Å². The molecule has 4 nitrogen and oxygen atoms in total. The highest BCUT2D eigenvalue weighted by molar-refractivity contribution is 8.00. The van der Waals surface area contributed by atoms with E-state index < -0.39 is 0 Å². The van der Waals surface area contributed by atoms with Gasteiger partial charge in [0.2, 0.25) is 5.91 Å². The average Bonchev–Trinajstić information content (AvgIpc) is 2.46. The number of nitrogens with zero attached hydrogens (tertiary/aromatic N) is 2. The minimum Gasteiger partial charge on any atom is -0.497 e. The summed E-state index contributed by atoms with van der Waals surface area (Å²) >= 11 is 1.48. The summed E-state index contributed by atoms with van der Waals surface area (Å²) in [4.78, 5) is 14.7. The first-order valence-corrected chi connectivity index (χ1v) is 7.11. The van der Waals surface area contributed by atoms with Crippen molar-refractivity contribution in [2.24, 2.45) is 0 Å². The van der Waals surface area contributed by atoms with Gasteiger partial charge in [-0.15, -0.1) is 11.8 Å². The van der Waals surface area contributed by atoms with E-state index in [1.807, 2.05) is 31.2 Å². The number of hydrogen-bond donors (Lipinski definition) is 0. The molecule has 0 aliphatic heterocycles. The topological polar surface area (TPSA) is 53.3 Å². The van der Waals surface area contributed by atoms with E-state index in [0.717, 1.165) is 10.6 Å². The Bertz CT molecular complexity index is 457. The van der Waals surface area contributed by atoms with Gasteiger partial charge in [0.1, 0.15) is 5.75 Å². The number of ether oxygens (including phenoxy) is 1. The second-order valence-corrected chi connectivity index (χ2v) is 4.90. The van der Waals surface area contributed by atoms with Crippen LogP contribution < -0.4 is 4.74 Å². The molecule has 5 heteroatoms. The first-order valence-electron chi connectivity index (χ1n) is 6.12. The van der Waals surface area contributed by atoms with Crippen molar-refractivity contribution in [1.29, 1.82) is 5.26 Å². The summed E-state index contributed by atoms with van der Waals surface area (Å²) in [6.45, 7) is 3.06. The smallest absolute Gasteiger partial charge is 0.232 e. The van der Waals surface area contributed by atoms with Crippen molar-refractivity contribution in [2.45, 2.75) is 18.2 Å². The quantitative estimate of drug-likeness (QED) is 0.719. The molecule has 19 heavy (non-hydrogen) atoms. The maximum absolute atomic E-state index is 12.0. The molecule has 0 radical (unpaired) electrons. The Morgan fingerprint density at radius 2 is 2.32 bits per heavy atom. The maximum atomic E-state index is 12.0. The molecule has 0 heterocycles. The van der Waals surface area contributed by atoms with Crippen LogP contribution in [0.3, 0.4) is 0 Å². The second-order valence-electron chi connectivity index (χ2n) is 3.85. The number of carbonyl (C=O) groups excluding carboxylic acids is 1. The number of amides is 1. The lowest BCUT2D eigenvalue weighted by atomic mass is 10.3. The molecular weight excluding hydrogens is 260 g/mol. The minimum atomic E-state index is 0.0607. The molecule has 0 saturated carbocycles. The number of nitriles is 1. The predicted octanol–water partition coefficient (Wildman–Crippen LogP) is 2.55. The molecule has 0 atom stereocenters. The van der Waals surface area contributed by atoms with Crippen LogP contribution in [-0.4, -0.2) is 36.8 Å². The monoisotopic (exact) mass is 278 g/mol. The summed E-state index contributed by atoms with van der Waals surface area (Å²) in [6.07, 6.45) is 0.378. The third-order valence-corrected chi connectivity index (χ3v) is 3.61. The molecule has 0 aliphatic carbocycles. The summed E-state index contributed by atoms with van der Waals surface area (Å²) in [5, 5.41) is 8.55. The van der Waals surface area contributed by atoms with Crippen molar-refractivity contribution in [3.8, 4) is 11.8 Å². The predicted molar refractivity (Wildman–Crippen MR) is 76.2 cm³/mol. The molecular formula is C14H18N2O2S. The lowest BCUT2D eigenvalue weighted by Gasteiger charge is -2.19. The number of rotatable bonds is 7. The summed E-state index contributed by atoms with van der Waals surface area (Å²) in [5.41, 5.74) is 0. The van der Waals surface area contributed by atoms with E-state index in [9.17, 15) is 4.79 Å². The zero-order chi connectivity index (χ0) is 14.1. The van der Waals surface area contributed by atoms with Gasteiger partial charge in [0.05, 0.1) is 25.4 Å². The molecule has 1 aromatic rings. The molecule has 1 rings (SSSR count). The third-order valence-electron chi connectivity index (χ3n) is 2.63. The van der Waals surface area contributed by atoms with E-state index in [4.69, 9.17) is 10.00 Å². The van der Waals surface area contributed by atoms with Gasteiger partial charge >= 0.3 is 0 Å². The van der Waals surface area contributed by atoms with E-state index in [1.165, 1.54) is 11.8 Å². The highest BCUT2D eigenvalue weighted by atomic mass is 32.2. The Kier molecular flexibility index (Phi) is 6.83. The highest BCUT2D eigenvalue weighted by Crippen LogP contribution is 2.22. The number of hydrogen-bond acceptors (Lipinski definition) is 4. The Labute approximate surface area is 118 Å². The van der Waals surface area contributed by atoms with Crippen molar-refractivity contribution >= 4 is 17.7 Å². The summed E-state index contributed by atoms with van der Waals surface area (Å²) in [7, 11) is 1.62. The van der Waals surface area contributed by atoms with Crippen LogP contribution in [0.4, 0.5) is 0 Å². The van der Waals surface area contributed by atoms with E-state index in [1.54, 1.807) is 12.0 Å². The third kappa shape index (κ3) is 5.23. The molecule has 0 fully saturated rings. The second kappa shape index (κ2) is 8.44. The molecule has 0 N–H and O–H groups in total. The maximum Gasteiger partial charge on any atom is 0.232 e. The lowest BCUT2D eigenvalue weighted by molar-refractivity contribution is -0.128. The largest absolute Gasteiger partial charge is 0.497 e. The van der Waals surface area contributed by atoms with Crippen LogP contribution in [0.15, 0.2) is 29.2 Å². The Morgan fingerprint density at radius 1 is 1.53 bits per heavy atom. The molecule has 0 unspecified atom stereocenters. The van der Waals surface area contributed by atoms with Gasteiger partial charge in [0.25, 0.3) is 0 Å². The van der Waals surface area contributed by atoms with Crippen molar-refractivity contribution in [2.75, 3.05) is 26.0 Å². The molecule has 102 valence electrons. The molecule has 1 aromatic carbocycles. The SMILES string of the molecule is CCN(CCC#N)C(=O)CSc1cccc(OC)c1. The lowest BCUT2D eigenvalue weighted by Crippen LogP contribution is -2.33. The van der Waals surface area contributed by atoms with E-state index in [-0.39, 0.29) is 5.91 Å². The van der Waals surface area contributed by atoms with Gasteiger partial charge in [-0.05, 0) is 25.1 Å². The van der Waals surface area contributed by atoms with Crippen molar-refractivity contribution in [3.05, 3.63) is 24.3 Å². The fourth-order valence-electron chi connectivity index (χ4n) is 1.57. The van der Waals surface area contributed by atoms with Gasteiger partial charge in [-0.1, -0.05) is 6.07 Å². The van der Waals surface area contributed by atoms with Crippen LogP contribution in [-0.2, 0) is 4.79 Å². The van der Waals surface area contributed by atoms with Crippen LogP contribution >= 0.6 is 11.8 Å². The average molecular weight is 278 g/mol. The fraction of sp³-hybridized carbons (Fsp3) is 0.429. The van der Waals surface area contributed by atoms with E-state index >= 15 is 0 Å². The summed E-state index contributed by atoms with van der Waals surface area (Å²) in [6, 6.07) is 9.69. The molecule has 0 aliphatic rings. The first-order chi connectivity index (χ1) is 9.21. The Morgan fingerprint density at radius 3 is 2.95 bits per heavy atom. The Balaban J connectivity index is 2.50. The standard InChI is InChI=1S/C14H18N2O2S/c1-3-16(9-5-8-15)14(17)11-19-13-7-4-6-12(10-13)18-2/h4,6-7,10H,3,5,9,11H2,1-2H3. The van der Waals surface area contributed by atoms with Gasteiger partial charge in [-0.3, -0.25) is 4.79 Å². The van der Waals surface area contributed by atoms with Crippen LogP contribution in [0.1, 0.15) is 13.3 Å². The number of methoxy groups -OCH3 is 1. The van der Waals surface area contributed by atoms with Gasteiger partial charge in [0.15, 0.2) is 0 Å². The van der Waals surface area contributed by atoms with Crippen LogP contribution in [0, 0.1) is 11.3 Å². The van der Waals surface area contributed by atoms with E-state index in [2.05, 4.69) is 6.07 Å². The van der Waals surface area contributed by atoms with Crippen molar-refractivity contribution < 1.29 is 9.53 Å². The molecule has 1 amide bonds. The molecule has 0 saturated heterocycles. The van der Waals surface area contributed by atoms with Crippen LogP contribution in [0.2, 0.25) is 0 Å². The molecule has 0 aromatic heterocycles. The van der Waals surface area contributed by atoms with E-state index in [0.29, 0.717) is 25.3 Å². The van der Waals surface area contributed by atoms with Gasteiger partial charge in [-0.2, -0.15) is 5.26 Å². The zero-order valence-electron chi connectivity index (χ0n) is 11.3. The van der Waals surface area contributed by atoms with Gasteiger partial charge in [-0.25, -0.2) is 0 Å². The fourth-order valence-corrected chi connectivity index (χ4v) is 2.42. The number of carbonyl (C=O) groups is 1. The number of thioether (sulfide) groups is 1. The summed E-state index contributed by atoms with van der Waals surface area (Å²) < 4.78 is 5.14. The highest BCUT2D eigenvalue weighted by Gasteiger charge is 2.11. The van der Waals surface area contributed by atoms with Gasteiger partial charge < -0.3 is 9.64 Å². The van der Waals surface area contributed by atoms with Crippen LogP contribution in [0.25, 0.3) is 0 Å². The van der Waals surface area contributed by atoms with Crippen molar-refractivity contribution in [1.82, 2.24) is 4.90 Å². The normalized spacial score (nSPS) is 9.74. The summed E-state index contributed by atoms with van der Waals surface area (Å²) in [5.74, 6) is 1.23. The number of benzene rings is 1. The zero-order valence-corrected chi connectivity index (χ0v) is 12.1.